The maximum atomic E-state index is 13.2. The Kier molecular flexibility index (Phi) is 3.69. The van der Waals surface area contributed by atoms with Crippen molar-refractivity contribution in [3.05, 3.63) is 29.6 Å². The number of hydrogen-bond donors (Lipinski definition) is 2. The number of nitrogens with zero attached hydrogens (tertiary/aromatic N) is 1. The second-order valence-corrected chi connectivity index (χ2v) is 4.43. The zero-order valence-electron chi connectivity index (χ0n) is 10.5. The molecule has 102 valence electrons. The lowest BCUT2D eigenvalue weighted by atomic mass is 10.1. The third kappa shape index (κ3) is 2.52. The largest absolute Gasteiger partial charge is 0.478 e. The normalized spacial score (nSPS) is 18.4. The highest BCUT2D eigenvalue weighted by Gasteiger charge is 2.32. The number of anilines is 1. The van der Waals surface area contributed by atoms with Gasteiger partial charge in [0.2, 0.25) is 5.91 Å². The van der Waals surface area contributed by atoms with Gasteiger partial charge in [-0.15, -0.1) is 0 Å². The zero-order chi connectivity index (χ0) is 14.0. The van der Waals surface area contributed by atoms with E-state index in [1.807, 2.05) is 0 Å². The molecule has 1 fully saturated rings. The summed E-state index contributed by atoms with van der Waals surface area (Å²) < 4.78 is 13.2. The van der Waals surface area contributed by atoms with Crippen molar-refractivity contribution in [1.82, 2.24) is 5.32 Å². The maximum absolute atomic E-state index is 13.2. The molecule has 2 N–H and O–H groups in total. The number of likely N-dealkylation sites (N-methyl/N-ethyl adjacent to an activating group) is 1. The molecule has 0 saturated carbocycles. The fraction of sp³-hybridized carbons (Fsp3) is 0.385. The Balaban J connectivity index is 2.40. The molecule has 0 aromatic heterocycles. The predicted octanol–water partition coefficient (Wildman–Crippen LogP) is 1.24. The molecule has 1 aliphatic rings. The van der Waals surface area contributed by atoms with Crippen molar-refractivity contribution < 1.29 is 19.1 Å². The van der Waals surface area contributed by atoms with Gasteiger partial charge in [0.05, 0.1) is 11.3 Å². The lowest BCUT2D eigenvalue weighted by Gasteiger charge is -2.26. The summed E-state index contributed by atoms with van der Waals surface area (Å²) in [7, 11) is 1.54. The number of rotatable bonds is 3. The minimum atomic E-state index is -1.20. The summed E-state index contributed by atoms with van der Waals surface area (Å²) >= 11 is 0. The van der Waals surface area contributed by atoms with E-state index in [4.69, 9.17) is 5.11 Å². The van der Waals surface area contributed by atoms with E-state index in [-0.39, 0.29) is 11.5 Å². The van der Waals surface area contributed by atoms with Crippen molar-refractivity contribution in [3.8, 4) is 0 Å². The Labute approximate surface area is 110 Å². The summed E-state index contributed by atoms with van der Waals surface area (Å²) in [5.74, 6) is -1.95. The Morgan fingerprint density at radius 1 is 1.47 bits per heavy atom. The molecular weight excluding hydrogens is 251 g/mol. The van der Waals surface area contributed by atoms with E-state index in [2.05, 4.69) is 5.32 Å². The van der Waals surface area contributed by atoms with Crippen LogP contribution in [0, 0.1) is 5.82 Å². The molecule has 1 atom stereocenters. The summed E-state index contributed by atoms with van der Waals surface area (Å²) in [5, 5.41) is 11.7. The fourth-order valence-corrected chi connectivity index (χ4v) is 2.42. The van der Waals surface area contributed by atoms with Crippen LogP contribution in [-0.2, 0) is 4.79 Å². The van der Waals surface area contributed by atoms with Crippen LogP contribution in [0.25, 0.3) is 0 Å². The van der Waals surface area contributed by atoms with E-state index < -0.39 is 17.8 Å². The van der Waals surface area contributed by atoms with Crippen molar-refractivity contribution in [2.24, 2.45) is 0 Å². The minimum Gasteiger partial charge on any atom is -0.478 e. The second-order valence-electron chi connectivity index (χ2n) is 4.43. The van der Waals surface area contributed by atoms with Gasteiger partial charge in [-0.1, -0.05) is 0 Å². The summed E-state index contributed by atoms with van der Waals surface area (Å²) in [6.45, 7) is 0.587. The van der Waals surface area contributed by atoms with Gasteiger partial charge in [0.25, 0.3) is 0 Å². The average Bonchev–Trinajstić information content (AvgIpc) is 2.86. The molecule has 1 aromatic carbocycles. The van der Waals surface area contributed by atoms with Gasteiger partial charge in [0.15, 0.2) is 0 Å². The van der Waals surface area contributed by atoms with E-state index in [0.29, 0.717) is 18.7 Å². The quantitative estimate of drug-likeness (QED) is 0.863. The summed E-state index contributed by atoms with van der Waals surface area (Å²) in [6.07, 6.45) is 1.46. The average molecular weight is 266 g/mol. The molecule has 0 radical (unpaired) electrons. The Morgan fingerprint density at radius 3 is 2.84 bits per heavy atom. The summed E-state index contributed by atoms with van der Waals surface area (Å²) in [5.41, 5.74) is 0.274. The van der Waals surface area contributed by atoms with Gasteiger partial charge >= 0.3 is 5.97 Å². The van der Waals surface area contributed by atoms with Crippen LogP contribution < -0.4 is 10.2 Å². The highest BCUT2D eigenvalue weighted by Crippen LogP contribution is 2.29. The van der Waals surface area contributed by atoms with Crippen molar-refractivity contribution in [3.63, 3.8) is 0 Å². The standard InChI is InChI=1S/C13H15FN2O3/c1-15-12(17)11-3-2-6-16(11)10-5-4-8(14)7-9(10)13(18)19/h4-5,7,11H,2-3,6H2,1H3,(H,15,17)(H,18,19). The van der Waals surface area contributed by atoms with Crippen LogP contribution in [0.15, 0.2) is 18.2 Å². The summed E-state index contributed by atoms with van der Waals surface area (Å²) in [6, 6.07) is 3.21. The van der Waals surface area contributed by atoms with Gasteiger partial charge in [-0.3, -0.25) is 4.79 Å². The molecule has 6 heteroatoms. The van der Waals surface area contributed by atoms with Crippen molar-refractivity contribution in [1.29, 1.82) is 0 Å². The molecule has 1 unspecified atom stereocenters. The lowest BCUT2D eigenvalue weighted by Crippen LogP contribution is -2.42. The van der Waals surface area contributed by atoms with Crippen LogP contribution in [0.4, 0.5) is 10.1 Å². The van der Waals surface area contributed by atoms with Crippen molar-refractivity contribution in [2.75, 3.05) is 18.5 Å². The first-order valence-electron chi connectivity index (χ1n) is 6.05. The van der Waals surface area contributed by atoms with Crippen molar-refractivity contribution >= 4 is 17.6 Å². The third-order valence-electron chi connectivity index (χ3n) is 3.30. The second kappa shape index (κ2) is 5.26. The topological polar surface area (TPSA) is 69.6 Å². The molecule has 5 nitrogen and oxygen atoms in total. The predicted molar refractivity (Wildman–Crippen MR) is 67.8 cm³/mol. The Hall–Kier alpha value is -2.11. The molecule has 1 saturated heterocycles. The number of benzene rings is 1. The van der Waals surface area contributed by atoms with E-state index in [9.17, 15) is 14.0 Å². The lowest BCUT2D eigenvalue weighted by molar-refractivity contribution is -0.121. The first-order chi connectivity index (χ1) is 9.04. The van der Waals surface area contributed by atoms with Gasteiger partial charge in [0, 0.05) is 13.6 Å². The smallest absolute Gasteiger partial charge is 0.337 e. The monoisotopic (exact) mass is 266 g/mol. The number of aromatic carboxylic acids is 1. The van der Waals surface area contributed by atoms with Gasteiger partial charge in [0.1, 0.15) is 11.9 Å². The molecule has 1 aliphatic heterocycles. The number of carbonyl (C=O) groups excluding carboxylic acids is 1. The molecule has 1 aromatic rings. The first-order valence-corrected chi connectivity index (χ1v) is 6.05. The van der Waals surface area contributed by atoms with E-state index in [0.717, 1.165) is 12.5 Å². The number of amides is 1. The first kappa shape index (κ1) is 13.3. The molecule has 0 spiro atoms. The van der Waals surface area contributed by atoms with E-state index in [1.165, 1.54) is 12.1 Å². The van der Waals surface area contributed by atoms with Gasteiger partial charge in [-0.2, -0.15) is 0 Å². The van der Waals surface area contributed by atoms with Crippen LogP contribution in [0.2, 0.25) is 0 Å². The van der Waals surface area contributed by atoms with Crippen LogP contribution >= 0.6 is 0 Å². The molecule has 0 bridgehead atoms. The molecule has 1 heterocycles. The maximum Gasteiger partial charge on any atom is 0.337 e. The number of carboxylic acid groups (broad SMARTS) is 1. The van der Waals surface area contributed by atoms with Crippen LogP contribution in [0.5, 0.6) is 0 Å². The number of halogens is 1. The molecule has 2 rings (SSSR count). The third-order valence-corrected chi connectivity index (χ3v) is 3.30. The number of nitrogens with one attached hydrogen (secondary N) is 1. The molecule has 0 aliphatic carbocycles. The minimum absolute atomic E-state index is 0.115. The summed E-state index contributed by atoms with van der Waals surface area (Å²) in [4.78, 5) is 24.7. The Morgan fingerprint density at radius 2 is 2.21 bits per heavy atom. The van der Waals surface area contributed by atoms with Gasteiger partial charge in [-0.25, -0.2) is 9.18 Å². The fourth-order valence-electron chi connectivity index (χ4n) is 2.42. The van der Waals surface area contributed by atoms with Crippen LogP contribution in [-0.4, -0.2) is 36.6 Å². The van der Waals surface area contributed by atoms with E-state index in [1.54, 1.807) is 11.9 Å². The van der Waals surface area contributed by atoms with Gasteiger partial charge in [-0.05, 0) is 31.0 Å². The number of hydrogen-bond acceptors (Lipinski definition) is 3. The Bertz CT molecular complexity index is 519. The highest BCUT2D eigenvalue weighted by atomic mass is 19.1. The van der Waals surface area contributed by atoms with Crippen molar-refractivity contribution in [2.45, 2.75) is 18.9 Å². The van der Waals surface area contributed by atoms with Crippen LogP contribution in [0.1, 0.15) is 23.2 Å². The number of carbonyl (C=O) groups is 2. The van der Waals surface area contributed by atoms with Gasteiger partial charge < -0.3 is 15.3 Å². The molecule has 19 heavy (non-hydrogen) atoms. The van der Waals surface area contributed by atoms with E-state index >= 15 is 0 Å². The highest BCUT2D eigenvalue weighted by molar-refractivity contribution is 5.96. The van der Waals surface area contributed by atoms with Crippen LogP contribution in [0.3, 0.4) is 0 Å². The SMILES string of the molecule is CNC(=O)C1CCCN1c1ccc(F)cc1C(=O)O. The number of carboxylic acids is 1. The zero-order valence-corrected chi connectivity index (χ0v) is 10.5. The molecule has 1 amide bonds. The molecular formula is C13H15FN2O3.